The zero-order valence-corrected chi connectivity index (χ0v) is 21.2. The van der Waals surface area contributed by atoms with Crippen molar-refractivity contribution in [1.29, 1.82) is 0 Å². The summed E-state index contributed by atoms with van der Waals surface area (Å²) in [4.78, 5) is 13.2. The Labute approximate surface area is 209 Å². The van der Waals surface area contributed by atoms with E-state index in [0.717, 1.165) is 65.7 Å². The molecule has 0 aliphatic carbocycles. The van der Waals surface area contributed by atoms with Gasteiger partial charge in [0, 0.05) is 35.7 Å². The van der Waals surface area contributed by atoms with E-state index in [4.69, 9.17) is 9.15 Å². The Morgan fingerprint density at radius 3 is 2.74 bits per heavy atom. The first-order valence-electron chi connectivity index (χ1n) is 12.0. The Kier molecular flexibility index (Phi) is 6.92. The van der Waals surface area contributed by atoms with Crippen LogP contribution >= 0.6 is 11.8 Å². The third kappa shape index (κ3) is 5.13. The molecule has 7 nitrogen and oxygen atoms in total. The quantitative estimate of drug-likeness (QED) is 0.229. The second-order valence-corrected chi connectivity index (χ2v) is 10.0. The molecule has 0 amide bonds. The maximum Gasteiger partial charge on any atom is 0.192 e. The van der Waals surface area contributed by atoms with Gasteiger partial charge in [0.05, 0.1) is 24.7 Å². The number of aromatic nitrogens is 4. The van der Waals surface area contributed by atoms with Gasteiger partial charge in [-0.25, -0.2) is 0 Å². The minimum atomic E-state index is 0.0892. The number of hydrogen-bond acceptors (Lipinski definition) is 6. The van der Waals surface area contributed by atoms with Crippen molar-refractivity contribution in [3.05, 3.63) is 77.0 Å². The molecule has 4 aromatic rings. The van der Waals surface area contributed by atoms with Crippen molar-refractivity contribution in [2.45, 2.75) is 58.0 Å². The van der Waals surface area contributed by atoms with E-state index in [9.17, 15) is 4.79 Å². The Bertz CT molecular complexity index is 1320. The Morgan fingerprint density at radius 1 is 1.11 bits per heavy atom. The van der Waals surface area contributed by atoms with E-state index in [-0.39, 0.29) is 17.6 Å². The fourth-order valence-electron chi connectivity index (χ4n) is 4.66. The minimum Gasteiger partial charge on any atom is -0.467 e. The first-order chi connectivity index (χ1) is 17.0. The summed E-state index contributed by atoms with van der Waals surface area (Å²) >= 11 is 1.41. The summed E-state index contributed by atoms with van der Waals surface area (Å²) in [6.45, 7) is 8.26. The summed E-state index contributed by atoms with van der Waals surface area (Å²) < 4.78 is 15.6. The molecule has 1 saturated heterocycles. The Morgan fingerprint density at radius 2 is 2.00 bits per heavy atom. The predicted octanol–water partition coefficient (Wildman–Crippen LogP) is 5.47. The first-order valence-corrected chi connectivity index (χ1v) is 12.9. The zero-order chi connectivity index (χ0) is 24.4. The topological polar surface area (TPSA) is 75.1 Å². The number of hydrogen-bond donors (Lipinski definition) is 0. The standard InChI is InChI=1S/C27H30N4O3S/c1-18-7-4-8-21(13-18)26-28-29-27(31(26)16-23-10-6-12-34-23)35-17-25(32)24-14-19(2)30(20(24)3)15-22-9-5-11-33-22/h4,6-8,10,12-14,22H,5,9,11,15-17H2,1-3H3/t22-/m1/s1. The molecule has 182 valence electrons. The van der Waals surface area contributed by atoms with E-state index in [1.807, 2.05) is 41.8 Å². The SMILES string of the molecule is Cc1cccc(-c2nnc(SCC(=O)c3cc(C)n(C[C@H]4CCCO4)c3C)n2Cc2ccco2)c1. The normalized spacial score (nSPS) is 15.7. The van der Waals surface area contributed by atoms with Gasteiger partial charge in [0.1, 0.15) is 5.76 Å². The molecule has 8 heteroatoms. The van der Waals surface area contributed by atoms with Crippen LogP contribution in [0.5, 0.6) is 0 Å². The lowest BCUT2D eigenvalue weighted by Crippen LogP contribution is -2.17. The van der Waals surface area contributed by atoms with Gasteiger partial charge in [0.2, 0.25) is 0 Å². The van der Waals surface area contributed by atoms with Crippen LogP contribution in [-0.2, 0) is 17.8 Å². The number of carbonyl (C=O) groups is 1. The highest BCUT2D eigenvalue weighted by molar-refractivity contribution is 7.99. The number of rotatable bonds is 9. The molecule has 0 N–H and O–H groups in total. The van der Waals surface area contributed by atoms with E-state index in [2.05, 4.69) is 40.7 Å². The fraction of sp³-hybridized carbons (Fsp3) is 0.370. The zero-order valence-electron chi connectivity index (χ0n) is 20.4. The van der Waals surface area contributed by atoms with Crippen LogP contribution in [0.2, 0.25) is 0 Å². The maximum atomic E-state index is 13.2. The van der Waals surface area contributed by atoms with E-state index < -0.39 is 0 Å². The molecule has 1 fully saturated rings. The number of ether oxygens (including phenoxy) is 1. The summed E-state index contributed by atoms with van der Waals surface area (Å²) in [6, 6.07) is 14.0. The lowest BCUT2D eigenvalue weighted by atomic mass is 10.1. The lowest BCUT2D eigenvalue weighted by molar-refractivity contribution is 0.0957. The number of furan rings is 1. The average molecular weight is 491 g/mol. The predicted molar refractivity (Wildman–Crippen MR) is 136 cm³/mol. The van der Waals surface area contributed by atoms with Crippen LogP contribution in [0.3, 0.4) is 0 Å². The summed E-state index contributed by atoms with van der Waals surface area (Å²) in [5.41, 5.74) is 5.00. The summed E-state index contributed by atoms with van der Waals surface area (Å²) in [6.07, 6.45) is 4.08. The molecule has 1 aliphatic rings. The van der Waals surface area contributed by atoms with Crippen LogP contribution in [0, 0.1) is 20.8 Å². The van der Waals surface area contributed by atoms with E-state index in [0.29, 0.717) is 11.7 Å². The first kappa shape index (κ1) is 23.6. The monoisotopic (exact) mass is 490 g/mol. The van der Waals surface area contributed by atoms with Crippen LogP contribution in [0.15, 0.2) is 58.3 Å². The second kappa shape index (κ2) is 10.3. The van der Waals surface area contributed by atoms with Gasteiger partial charge < -0.3 is 13.7 Å². The van der Waals surface area contributed by atoms with Gasteiger partial charge in [0.15, 0.2) is 16.8 Å². The molecule has 5 rings (SSSR count). The molecule has 3 aromatic heterocycles. The third-order valence-electron chi connectivity index (χ3n) is 6.50. The van der Waals surface area contributed by atoms with Gasteiger partial charge in [-0.15, -0.1) is 10.2 Å². The summed E-state index contributed by atoms with van der Waals surface area (Å²) in [7, 11) is 0. The second-order valence-electron chi connectivity index (χ2n) is 9.08. The van der Waals surface area contributed by atoms with Crippen molar-refractivity contribution in [2.75, 3.05) is 12.4 Å². The average Bonchev–Trinajstić information content (AvgIpc) is 3.65. The fourth-order valence-corrected chi connectivity index (χ4v) is 5.48. The van der Waals surface area contributed by atoms with Crippen molar-refractivity contribution < 1.29 is 13.9 Å². The number of thioether (sulfide) groups is 1. The van der Waals surface area contributed by atoms with Gasteiger partial charge in [-0.05, 0) is 57.9 Å². The van der Waals surface area contributed by atoms with E-state index in [1.54, 1.807) is 6.26 Å². The molecule has 1 aromatic carbocycles. The Balaban J connectivity index is 1.36. The third-order valence-corrected chi connectivity index (χ3v) is 7.47. The van der Waals surface area contributed by atoms with Crippen molar-refractivity contribution >= 4 is 17.5 Å². The van der Waals surface area contributed by atoms with Gasteiger partial charge in [-0.1, -0.05) is 35.5 Å². The molecule has 1 atom stereocenters. The van der Waals surface area contributed by atoms with Gasteiger partial charge in [-0.3, -0.25) is 9.36 Å². The molecule has 0 spiro atoms. The number of Topliss-reactive ketones (excluding diaryl/α,β-unsaturated/α-hetero) is 1. The molecule has 0 radical (unpaired) electrons. The molecule has 0 unspecified atom stereocenters. The molecule has 35 heavy (non-hydrogen) atoms. The lowest BCUT2D eigenvalue weighted by Gasteiger charge is -2.14. The number of aryl methyl sites for hydroxylation is 2. The van der Waals surface area contributed by atoms with Crippen molar-refractivity contribution in [3.8, 4) is 11.4 Å². The number of benzene rings is 1. The number of carbonyl (C=O) groups excluding carboxylic acids is 1. The largest absolute Gasteiger partial charge is 0.467 e. The van der Waals surface area contributed by atoms with E-state index in [1.165, 1.54) is 11.8 Å². The minimum absolute atomic E-state index is 0.0892. The number of ketones is 1. The molecule has 1 aliphatic heterocycles. The van der Waals surface area contributed by atoms with Crippen molar-refractivity contribution in [1.82, 2.24) is 19.3 Å². The van der Waals surface area contributed by atoms with Crippen LogP contribution in [-0.4, -0.2) is 43.6 Å². The highest BCUT2D eigenvalue weighted by Crippen LogP contribution is 2.28. The van der Waals surface area contributed by atoms with Gasteiger partial charge >= 0.3 is 0 Å². The number of nitrogens with zero attached hydrogens (tertiary/aromatic N) is 4. The molecular weight excluding hydrogens is 460 g/mol. The molecule has 0 saturated carbocycles. The summed E-state index contributed by atoms with van der Waals surface area (Å²) in [5, 5.41) is 9.61. The Hall–Kier alpha value is -3.10. The molecule has 4 heterocycles. The van der Waals surface area contributed by atoms with Crippen LogP contribution in [0.4, 0.5) is 0 Å². The highest BCUT2D eigenvalue weighted by atomic mass is 32.2. The smallest absolute Gasteiger partial charge is 0.192 e. The van der Waals surface area contributed by atoms with Crippen molar-refractivity contribution in [2.24, 2.45) is 0 Å². The molecule has 0 bridgehead atoms. The maximum absolute atomic E-state index is 13.2. The van der Waals surface area contributed by atoms with Gasteiger partial charge in [0.25, 0.3) is 0 Å². The van der Waals surface area contributed by atoms with Gasteiger partial charge in [-0.2, -0.15) is 0 Å². The van der Waals surface area contributed by atoms with Crippen LogP contribution in [0.1, 0.15) is 45.9 Å². The van der Waals surface area contributed by atoms with Crippen LogP contribution in [0.25, 0.3) is 11.4 Å². The molecular formula is C27H30N4O3S. The van der Waals surface area contributed by atoms with Crippen LogP contribution < -0.4 is 0 Å². The summed E-state index contributed by atoms with van der Waals surface area (Å²) in [5.74, 6) is 1.94. The van der Waals surface area contributed by atoms with Crippen molar-refractivity contribution in [3.63, 3.8) is 0 Å². The van der Waals surface area contributed by atoms with E-state index >= 15 is 0 Å². The highest BCUT2D eigenvalue weighted by Gasteiger charge is 2.22.